The standard InChI is InChI=1S/C83H162O17P2/c1-9-76(8)62-54-46-37-31-25-19-14-12-10-11-13-15-21-27-33-39-49-57-65-82(87)100-79(70-94-81(86)64-56-48-42-41-45-53-61-75(6)7)72-98-102(91,92)96-68-77(84)67-95-101(89,90)97-71-78(99-83(88)66-58-50-40-34-28-22-24-30-36-44-52-60-74(4)5)69-93-80(85)63-55-47-38-32-26-20-17-16-18-23-29-35-43-51-59-73(2)3/h73-79,84H,9-72H2,1-8H3,(H,89,90)(H,91,92)/t76?,77-,78-,79-/m1/s1. The van der Waals surface area contributed by atoms with E-state index in [1.807, 2.05) is 0 Å². The first-order chi connectivity index (χ1) is 49.1. The van der Waals surface area contributed by atoms with Gasteiger partial charge in [0.2, 0.25) is 0 Å². The topological polar surface area (TPSA) is 237 Å². The molecule has 0 aromatic carbocycles. The van der Waals surface area contributed by atoms with Crippen LogP contribution in [0.1, 0.15) is 428 Å². The van der Waals surface area contributed by atoms with Gasteiger partial charge in [0.1, 0.15) is 19.3 Å². The van der Waals surface area contributed by atoms with Gasteiger partial charge < -0.3 is 33.8 Å². The van der Waals surface area contributed by atoms with Crippen molar-refractivity contribution in [2.24, 2.45) is 23.7 Å². The minimum Gasteiger partial charge on any atom is -0.462 e. The number of carbonyl (C=O) groups excluding carboxylic acids is 4. The molecule has 0 spiro atoms. The Balaban J connectivity index is 5.17. The van der Waals surface area contributed by atoms with E-state index in [1.54, 1.807) is 0 Å². The summed E-state index contributed by atoms with van der Waals surface area (Å²) >= 11 is 0. The SMILES string of the molecule is CCC(C)CCCCCCCCCCCCCCCCCCCCC(=O)O[C@H](COC(=O)CCCCCCCCC(C)C)COP(=O)(O)OC[C@H](O)COP(=O)(O)OC[C@@H](COC(=O)CCCCCCCCCCCCCCCCC(C)C)OC(=O)CCCCCCCCCCCCCC(C)C. The molecule has 0 saturated heterocycles. The van der Waals surface area contributed by atoms with Gasteiger partial charge in [0.15, 0.2) is 12.2 Å². The van der Waals surface area contributed by atoms with Crippen LogP contribution in [0, 0.1) is 23.7 Å². The molecule has 0 aromatic heterocycles. The summed E-state index contributed by atoms with van der Waals surface area (Å²) in [6.07, 6.45) is 59.9. The Morgan fingerprint density at radius 2 is 0.471 bits per heavy atom. The molecule has 0 rings (SSSR count). The van der Waals surface area contributed by atoms with E-state index >= 15 is 0 Å². The average molecular weight is 1490 g/mol. The Labute approximate surface area is 626 Å². The number of aliphatic hydroxyl groups is 1. The van der Waals surface area contributed by atoms with Gasteiger partial charge in [-0.05, 0) is 49.4 Å². The third-order valence-electron chi connectivity index (χ3n) is 19.7. The summed E-state index contributed by atoms with van der Waals surface area (Å²) in [7, 11) is -9.92. The van der Waals surface area contributed by atoms with E-state index < -0.39 is 97.5 Å². The zero-order valence-electron chi connectivity index (χ0n) is 67.2. The third-order valence-corrected chi connectivity index (χ3v) is 21.6. The number of hydrogen-bond acceptors (Lipinski definition) is 15. The molecule has 0 aliphatic carbocycles. The molecule has 0 radical (unpaired) electrons. The average Bonchev–Trinajstić information content (AvgIpc) is 0.917. The summed E-state index contributed by atoms with van der Waals surface area (Å²) in [6.45, 7) is 14.3. The number of esters is 4. The number of phosphoric ester groups is 2. The number of rotatable bonds is 80. The predicted octanol–water partition coefficient (Wildman–Crippen LogP) is 24.8. The highest BCUT2D eigenvalue weighted by molar-refractivity contribution is 7.47. The van der Waals surface area contributed by atoms with Gasteiger partial charge in [0, 0.05) is 25.7 Å². The summed E-state index contributed by atoms with van der Waals surface area (Å²) in [5.41, 5.74) is 0. The van der Waals surface area contributed by atoms with Crippen LogP contribution in [0.4, 0.5) is 0 Å². The van der Waals surface area contributed by atoms with Crippen molar-refractivity contribution in [3.8, 4) is 0 Å². The zero-order chi connectivity index (χ0) is 75.3. The van der Waals surface area contributed by atoms with E-state index in [9.17, 15) is 43.2 Å². The van der Waals surface area contributed by atoms with Gasteiger partial charge in [-0.25, -0.2) is 9.13 Å². The molecular formula is C83H162O17P2. The summed E-state index contributed by atoms with van der Waals surface area (Å²) in [5, 5.41) is 10.6. The van der Waals surface area contributed by atoms with E-state index in [-0.39, 0.29) is 25.7 Å². The van der Waals surface area contributed by atoms with Gasteiger partial charge in [-0.2, -0.15) is 0 Å². The molecule has 606 valence electrons. The normalized spacial score (nSPS) is 14.3. The van der Waals surface area contributed by atoms with Crippen LogP contribution < -0.4 is 0 Å². The Hall–Kier alpha value is -1.94. The molecule has 0 heterocycles. The summed E-state index contributed by atoms with van der Waals surface area (Å²) in [4.78, 5) is 73.0. The Morgan fingerprint density at radius 1 is 0.275 bits per heavy atom. The molecule has 3 N–H and O–H groups in total. The van der Waals surface area contributed by atoms with Crippen molar-refractivity contribution < 1.29 is 80.2 Å². The van der Waals surface area contributed by atoms with Crippen molar-refractivity contribution >= 4 is 39.5 Å². The number of ether oxygens (including phenoxy) is 4. The molecule has 0 aliphatic heterocycles. The van der Waals surface area contributed by atoms with E-state index in [2.05, 4.69) is 55.4 Å². The highest BCUT2D eigenvalue weighted by Crippen LogP contribution is 2.45. The highest BCUT2D eigenvalue weighted by Gasteiger charge is 2.30. The lowest BCUT2D eigenvalue weighted by atomic mass is 9.99. The maximum atomic E-state index is 13.1. The van der Waals surface area contributed by atoms with Crippen LogP contribution >= 0.6 is 15.6 Å². The first-order valence-electron chi connectivity index (χ1n) is 42.7. The monoisotopic (exact) mass is 1490 g/mol. The zero-order valence-corrected chi connectivity index (χ0v) is 69.0. The van der Waals surface area contributed by atoms with Crippen LogP contribution in [-0.4, -0.2) is 96.7 Å². The van der Waals surface area contributed by atoms with Gasteiger partial charge in [0.05, 0.1) is 26.4 Å². The molecular weight excluding hydrogens is 1330 g/mol. The molecule has 6 atom stereocenters. The molecule has 0 bridgehead atoms. The van der Waals surface area contributed by atoms with Gasteiger partial charge in [-0.1, -0.05) is 376 Å². The number of carbonyl (C=O) groups is 4. The van der Waals surface area contributed by atoms with Crippen LogP contribution in [-0.2, 0) is 65.4 Å². The molecule has 0 aromatic rings. The van der Waals surface area contributed by atoms with Crippen LogP contribution in [0.2, 0.25) is 0 Å². The fourth-order valence-corrected chi connectivity index (χ4v) is 14.3. The summed E-state index contributed by atoms with van der Waals surface area (Å²) in [5.74, 6) is 1.00. The third kappa shape index (κ3) is 74.9. The molecule has 0 amide bonds. The molecule has 0 fully saturated rings. The van der Waals surface area contributed by atoms with Crippen LogP contribution in [0.15, 0.2) is 0 Å². The highest BCUT2D eigenvalue weighted by atomic mass is 31.2. The van der Waals surface area contributed by atoms with Gasteiger partial charge >= 0.3 is 39.5 Å². The fraction of sp³-hybridized carbons (Fsp3) is 0.952. The second kappa shape index (κ2) is 72.0. The molecule has 17 nitrogen and oxygen atoms in total. The first kappa shape index (κ1) is 100. The molecule has 3 unspecified atom stereocenters. The first-order valence-corrected chi connectivity index (χ1v) is 45.7. The molecule has 102 heavy (non-hydrogen) atoms. The van der Waals surface area contributed by atoms with Gasteiger partial charge in [-0.3, -0.25) is 37.3 Å². The van der Waals surface area contributed by atoms with Crippen molar-refractivity contribution in [3.05, 3.63) is 0 Å². The second-order valence-corrected chi connectivity index (χ2v) is 34.4. The number of aliphatic hydroxyl groups excluding tert-OH is 1. The van der Waals surface area contributed by atoms with Gasteiger partial charge in [0.25, 0.3) is 0 Å². The summed E-state index contributed by atoms with van der Waals surface area (Å²) < 4.78 is 68.7. The van der Waals surface area contributed by atoms with Crippen LogP contribution in [0.25, 0.3) is 0 Å². The van der Waals surface area contributed by atoms with E-state index in [0.29, 0.717) is 31.6 Å². The maximum Gasteiger partial charge on any atom is 0.472 e. The number of phosphoric acid groups is 2. The fourth-order valence-electron chi connectivity index (χ4n) is 12.8. The maximum absolute atomic E-state index is 13.1. The lowest BCUT2D eigenvalue weighted by Gasteiger charge is -2.21. The van der Waals surface area contributed by atoms with Crippen molar-refractivity contribution in [1.82, 2.24) is 0 Å². The number of hydrogen-bond donors (Lipinski definition) is 3. The van der Waals surface area contributed by atoms with E-state index in [4.69, 9.17) is 37.0 Å². The lowest BCUT2D eigenvalue weighted by Crippen LogP contribution is -2.30. The minimum atomic E-state index is -4.96. The molecule has 0 saturated carbocycles. The van der Waals surface area contributed by atoms with E-state index in [1.165, 1.54) is 225 Å². The van der Waals surface area contributed by atoms with Crippen LogP contribution in [0.3, 0.4) is 0 Å². The Kier molecular flexibility index (Phi) is 70.6. The minimum absolute atomic E-state index is 0.106. The predicted molar refractivity (Wildman–Crippen MR) is 418 cm³/mol. The van der Waals surface area contributed by atoms with Crippen LogP contribution in [0.5, 0.6) is 0 Å². The van der Waals surface area contributed by atoms with Crippen molar-refractivity contribution in [3.63, 3.8) is 0 Å². The lowest BCUT2D eigenvalue weighted by molar-refractivity contribution is -0.161. The Morgan fingerprint density at radius 3 is 0.696 bits per heavy atom. The van der Waals surface area contributed by atoms with Crippen molar-refractivity contribution in [1.29, 1.82) is 0 Å². The second-order valence-electron chi connectivity index (χ2n) is 31.5. The van der Waals surface area contributed by atoms with Crippen molar-refractivity contribution in [2.75, 3.05) is 39.6 Å². The molecule has 19 heteroatoms. The number of unbranched alkanes of at least 4 members (excludes halogenated alkanes) is 45. The van der Waals surface area contributed by atoms with E-state index in [0.717, 1.165) is 114 Å². The smallest absolute Gasteiger partial charge is 0.462 e. The Bertz CT molecular complexity index is 1990. The molecule has 0 aliphatic rings. The largest absolute Gasteiger partial charge is 0.472 e. The quantitative estimate of drug-likeness (QED) is 0.0222. The van der Waals surface area contributed by atoms with Crippen molar-refractivity contribution in [2.45, 2.75) is 446 Å². The summed E-state index contributed by atoms with van der Waals surface area (Å²) in [6, 6.07) is 0. The van der Waals surface area contributed by atoms with Gasteiger partial charge in [-0.15, -0.1) is 0 Å².